The Bertz CT molecular complexity index is 117. The van der Waals surface area contributed by atoms with Crippen LogP contribution < -0.4 is 5.32 Å². The highest BCUT2D eigenvalue weighted by Crippen LogP contribution is 2.14. The number of nitrogens with one attached hydrogen (secondary N) is 1. The van der Waals surface area contributed by atoms with E-state index in [9.17, 15) is 0 Å². The lowest BCUT2D eigenvalue weighted by Crippen LogP contribution is -2.32. The molecule has 2 unspecified atom stereocenters. The number of rotatable bonds is 9. The molecule has 2 nitrogen and oxygen atoms in total. The van der Waals surface area contributed by atoms with Crippen molar-refractivity contribution in [1.82, 2.24) is 5.32 Å². The van der Waals surface area contributed by atoms with Crippen LogP contribution in [0.25, 0.3) is 0 Å². The summed E-state index contributed by atoms with van der Waals surface area (Å²) in [5.74, 6) is 0.719. The molecule has 14 heavy (non-hydrogen) atoms. The van der Waals surface area contributed by atoms with Gasteiger partial charge in [0.15, 0.2) is 0 Å². The highest BCUT2D eigenvalue weighted by molar-refractivity contribution is 4.71. The van der Waals surface area contributed by atoms with E-state index in [0.717, 1.165) is 18.9 Å². The molecule has 0 radical (unpaired) electrons. The Morgan fingerprint density at radius 2 is 1.93 bits per heavy atom. The number of methoxy groups -OCH3 is 1. The fourth-order valence-electron chi connectivity index (χ4n) is 1.83. The van der Waals surface area contributed by atoms with Gasteiger partial charge in [0.1, 0.15) is 0 Å². The summed E-state index contributed by atoms with van der Waals surface area (Å²) in [6, 6.07) is 0.664. The van der Waals surface area contributed by atoms with Crippen molar-refractivity contribution < 1.29 is 4.74 Å². The van der Waals surface area contributed by atoms with Gasteiger partial charge in [-0.1, -0.05) is 33.1 Å². The fraction of sp³-hybridized carbons (Fsp3) is 1.00. The van der Waals surface area contributed by atoms with E-state index in [1.807, 2.05) is 0 Å². The van der Waals surface area contributed by atoms with Crippen LogP contribution in [0.3, 0.4) is 0 Å². The van der Waals surface area contributed by atoms with Gasteiger partial charge in [-0.25, -0.2) is 0 Å². The summed E-state index contributed by atoms with van der Waals surface area (Å²) < 4.78 is 5.11. The summed E-state index contributed by atoms with van der Waals surface area (Å²) in [4.78, 5) is 0. The first-order valence-corrected chi connectivity index (χ1v) is 5.92. The van der Waals surface area contributed by atoms with Gasteiger partial charge in [0.2, 0.25) is 0 Å². The number of hydrogen-bond donors (Lipinski definition) is 1. The molecule has 0 aliphatic heterocycles. The van der Waals surface area contributed by atoms with Crippen LogP contribution in [0.5, 0.6) is 0 Å². The third-order valence-electron chi connectivity index (χ3n) is 2.95. The third kappa shape index (κ3) is 6.39. The van der Waals surface area contributed by atoms with Crippen LogP contribution in [0.2, 0.25) is 0 Å². The Kier molecular flexibility index (Phi) is 9.42. The first-order valence-electron chi connectivity index (χ1n) is 5.92. The summed E-state index contributed by atoms with van der Waals surface area (Å²) in [6.45, 7) is 5.45. The summed E-state index contributed by atoms with van der Waals surface area (Å²) >= 11 is 0. The van der Waals surface area contributed by atoms with Crippen LogP contribution in [0.1, 0.15) is 46.0 Å². The van der Waals surface area contributed by atoms with Crippen LogP contribution in [0.15, 0.2) is 0 Å². The molecule has 0 fully saturated rings. The van der Waals surface area contributed by atoms with Gasteiger partial charge in [-0.05, 0) is 25.8 Å². The SMILES string of the molecule is CCCCCC(NC)C(C)CCOC. The van der Waals surface area contributed by atoms with Crippen molar-refractivity contribution in [2.75, 3.05) is 20.8 Å². The van der Waals surface area contributed by atoms with E-state index >= 15 is 0 Å². The summed E-state index contributed by atoms with van der Waals surface area (Å²) in [5.41, 5.74) is 0. The molecule has 0 aromatic rings. The normalized spacial score (nSPS) is 15.4. The molecule has 2 heteroatoms. The van der Waals surface area contributed by atoms with E-state index in [-0.39, 0.29) is 0 Å². The maximum Gasteiger partial charge on any atom is 0.0465 e. The van der Waals surface area contributed by atoms with Crippen molar-refractivity contribution in [2.45, 2.75) is 52.0 Å². The standard InChI is InChI=1S/C12H27NO/c1-5-6-7-8-12(13-3)11(2)9-10-14-4/h11-13H,5-10H2,1-4H3. The average Bonchev–Trinajstić information content (AvgIpc) is 2.21. The Morgan fingerprint density at radius 3 is 2.43 bits per heavy atom. The lowest BCUT2D eigenvalue weighted by molar-refractivity contribution is 0.169. The molecule has 0 aliphatic rings. The fourth-order valence-corrected chi connectivity index (χ4v) is 1.83. The van der Waals surface area contributed by atoms with Crippen molar-refractivity contribution in [2.24, 2.45) is 5.92 Å². The van der Waals surface area contributed by atoms with Gasteiger partial charge in [-0.2, -0.15) is 0 Å². The van der Waals surface area contributed by atoms with E-state index in [2.05, 4.69) is 26.2 Å². The minimum absolute atomic E-state index is 0.664. The van der Waals surface area contributed by atoms with Crippen LogP contribution in [-0.4, -0.2) is 26.8 Å². The molecule has 0 saturated carbocycles. The highest BCUT2D eigenvalue weighted by atomic mass is 16.5. The van der Waals surface area contributed by atoms with Crippen molar-refractivity contribution in [3.8, 4) is 0 Å². The van der Waals surface area contributed by atoms with E-state index in [1.54, 1.807) is 7.11 Å². The predicted molar refractivity (Wildman–Crippen MR) is 62.6 cm³/mol. The Hall–Kier alpha value is -0.0800. The van der Waals surface area contributed by atoms with E-state index in [0.29, 0.717) is 6.04 Å². The van der Waals surface area contributed by atoms with Gasteiger partial charge in [0.05, 0.1) is 0 Å². The first-order chi connectivity index (χ1) is 6.76. The molecule has 0 amide bonds. The first kappa shape index (κ1) is 13.9. The minimum Gasteiger partial charge on any atom is -0.385 e. The predicted octanol–water partition coefficient (Wildman–Crippen LogP) is 2.83. The lowest BCUT2D eigenvalue weighted by Gasteiger charge is -2.23. The van der Waals surface area contributed by atoms with Gasteiger partial charge in [0.25, 0.3) is 0 Å². The van der Waals surface area contributed by atoms with Gasteiger partial charge < -0.3 is 10.1 Å². The van der Waals surface area contributed by atoms with Gasteiger partial charge in [-0.3, -0.25) is 0 Å². The molecule has 0 aromatic carbocycles. The van der Waals surface area contributed by atoms with Crippen LogP contribution >= 0.6 is 0 Å². The van der Waals surface area contributed by atoms with Crippen LogP contribution in [0.4, 0.5) is 0 Å². The molecule has 1 N–H and O–H groups in total. The number of unbranched alkanes of at least 4 members (excludes halogenated alkanes) is 2. The summed E-state index contributed by atoms with van der Waals surface area (Å²) in [6.07, 6.45) is 6.47. The van der Waals surface area contributed by atoms with Gasteiger partial charge in [0, 0.05) is 19.8 Å². The Labute approximate surface area is 89.4 Å². The summed E-state index contributed by atoms with van der Waals surface area (Å²) in [5, 5.41) is 3.41. The summed E-state index contributed by atoms with van der Waals surface area (Å²) in [7, 11) is 3.85. The van der Waals surface area contributed by atoms with Crippen LogP contribution in [0, 0.1) is 5.92 Å². The number of ether oxygens (including phenoxy) is 1. The average molecular weight is 201 g/mol. The van der Waals surface area contributed by atoms with E-state index < -0.39 is 0 Å². The lowest BCUT2D eigenvalue weighted by atomic mass is 9.94. The maximum atomic E-state index is 5.11. The molecule has 86 valence electrons. The third-order valence-corrected chi connectivity index (χ3v) is 2.95. The molecule has 0 heterocycles. The molecule has 0 rings (SSSR count). The van der Waals surface area contributed by atoms with Crippen molar-refractivity contribution in [3.63, 3.8) is 0 Å². The largest absolute Gasteiger partial charge is 0.385 e. The van der Waals surface area contributed by atoms with Crippen molar-refractivity contribution in [3.05, 3.63) is 0 Å². The molecular formula is C12H27NO. The quantitative estimate of drug-likeness (QED) is 0.579. The maximum absolute atomic E-state index is 5.11. The molecule has 0 aliphatic carbocycles. The van der Waals surface area contributed by atoms with Gasteiger partial charge in [-0.15, -0.1) is 0 Å². The Morgan fingerprint density at radius 1 is 1.21 bits per heavy atom. The van der Waals surface area contributed by atoms with E-state index in [4.69, 9.17) is 4.74 Å². The highest BCUT2D eigenvalue weighted by Gasteiger charge is 2.14. The molecule has 2 atom stereocenters. The smallest absolute Gasteiger partial charge is 0.0465 e. The zero-order valence-electron chi connectivity index (χ0n) is 10.3. The monoisotopic (exact) mass is 201 g/mol. The number of hydrogen-bond acceptors (Lipinski definition) is 2. The Balaban J connectivity index is 3.62. The molecule has 0 spiro atoms. The van der Waals surface area contributed by atoms with Crippen LogP contribution in [-0.2, 0) is 4.74 Å². The molecular weight excluding hydrogens is 174 g/mol. The molecule has 0 saturated heterocycles. The van der Waals surface area contributed by atoms with Crippen molar-refractivity contribution in [1.29, 1.82) is 0 Å². The zero-order valence-corrected chi connectivity index (χ0v) is 10.3. The second-order valence-electron chi connectivity index (χ2n) is 4.15. The van der Waals surface area contributed by atoms with Crippen molar-refractivity contribution >= 4 is 0 Å². The second-order valence-corrected chi connectivity index (χ2v) is 4.15. The van der Waals surface area contributed by atoms with E-state index in [1.165, 1.54) is 25.7 Å². The second kappa shape index (κ2) is 9.47. The topological polar surface area (TPSA) is 21.3 Å². The molecule has 0 aromatic heterocycles. The molecule has 0 bridgehead atoms. The van der Waals surface area contributed by atoms with Gasteiger partial charge >= 0.3 is 0 Å². The minimum atomic E-state index is 0.664. The zero-order chi connectivity index (χ0) is 10.8.